The topological polar surface area (TPSA) is 38.3 Å². The number of carbonyl (C=O) groups is 1. The first-order valence-corrected chi connectivity index (χ1v) is 8.34. The molecule has 1 atom stereocenters. The number of hydrogen-bond acceptors (Lipinski definition) is 2. The van der Waals surface area contributed by atoms with Crippen LogP contribution in [-0.4, -0.2) is 12.5 Å². The minimum atomic E-state index is -0.0771. The molecule has 0 bridgehead atoms. The molecule has 108 valence electrons. The van der Waals surface area contributed by atoms with Crippen molar-refractivity contribution in [1.29, 1.82) is 0 Å². The summed E-state index contributed by atoms with van der Waals surface area (Å²) in [6, 6.07) is 6.07. The van der Waals surface area contributed by atoms with Crippen LogP contribution in [0.1, 0.15) is 48.9 Å². The van der Waals surface area contributed by atoms with Crippen molar-refractivity contribution in [3.05, 3.63) is 23.8 Å². The van der Waals surface area contributed by atoms with E-state index < -0.39 is 0 Å². The fourth-order valence-electron chi connectivity index (χ4n) is 3.14. The second-order valence-corrected chi connectivity index (χ2v) is 6.89. The standard InChI is InChI=1S/C16H20BrNO2/c17-13(7-5-11-3-1-2-4-11)12-6-8-15-14(9-12)18-16(19)10-20-15/h6,8-9,11,13H,1-5,7,10H2,(H,18,19). The van der Waals surface area contributed by atoms with Gasteiger partial charge in [0.25, 0.3) is 5.91 Å². The van der Waals surface area contributed by atoms with E-state index >= 15 is 0 Å². The molecule has 1 fully saturated rings. The highest BCUT2D eigenvalue weighted by molar-refractivity contribution is 9.09. The molecule has 1 heterocycles. The number of anilines is 1. The number of ether oxygens (including phenoxy) is 1. The summed E-state index contributed by atoms with van der Waals surface area (Å²) in [5.41, 5.74) is 2.01. The third-order valence-electron chi connectivity index (χ3n) is 4.30. The molecule has 0 aromatic heterocycles. The molecule has 1 unspecified atom stereocenters. The van der Waals surface area contributed by atoms with E-state index in [1.165, 1.54) is 37.7 Å². The summed E-state index contributed by atoms with van der Waals surface area (Å²) in [6.45, 7) is 0.117. The van der Waals surface area contributed by atoms with Crippen LogP contribution < -0.4 is 10.1 Å². The fraction of sp³-hybridized carbons (Fsp3) is 0.562. The highest BCUT2D eigenvalue weighted by Gasteiger charge is 2.20. The predicted octanol–water partition coefficient (Wildman–Crippen LogP) is 4.42. The molecule has 1 aliphatic carbocycles. The van der Waals surface area contributed by atoms with Gasteiger partial charge in [-0.25, -0.2) is 0 Å². The molecule has 1 amide bonds. The van der Waals surface area contributed by atoms with Crippen molar-refractivity contribution in [1.82, 2.24) is 0 Å². The minimum absolute atomic E-state index is 0.0771. The van der Waals surface area contributed by atoms with E-state index in [0.29, 0.717) is 4.83 Å². The zero-order valence-corrected chi connectivity index (χ0v) is 13.1. The maximum atomic E-state index is 11.4. The van der Waals surface area contributed by atoms with Crippen LogP contribution in [0.15, 0.2) is 18.2 Å². The highest BCUT2D eigenvalue weighted by Crippen LogP contribution is 2.37. The molecule has 20 heavy (non-hydrogen) atoms. The van der Waals surface area contributed by atoms with Crippen LogP contribution >= 0.6 is 15.9 Å². The number of fused-ring (bicyclic) bond motifs is 1. The smallest absolute Gasteiger partial charge is 0.262 e. The van der Waals surface area contributed by atoms with Gasteiger partial charge in [-0.15, -0.1) is 0 Å². The fourth-order valence-corrected chi connectivity index (χ4v) is 3.69. The average Bonchev–Trinajstić information content (AvgIpc) is 2.97. The number of rotatable bonds is 4. The van der Waals surface area contributed by atoms with Gasteiger partial charge in [-0.05, 0) is 36.5 Å². The van der Waals surface area contributed by atoms with Crippen molar-refractivity contribution >= 4 is 27.5 Å². The summed E-state index contributed by atoms with van der Waals surface area (Å²) in [4.78, 5) is 11.7. The van der Waals surface area contributed by atoms with Gasteiger partial charge in [-0.3, -0.25) is 4.79 Å². The summed E-state index contributed by atoms with van der Waals surface area (Å²) in [6.07, 6.45) is 8.04. The van der Waals surface area contributed by atoms with Crippen molar-refractivity contribution < 1.29 is 9.53 Å². The Morgan fingerprint density at radius 2 is 2.15 bits per heavy atom. The molecule has 0 saturated heterocycles. The molecule has 3 nitrogen and oxygen atoms in total. The SMILES string of the molecule is O=C1COc2ccc(C(Br)CCC3CCCC3)cc2N1. The van der Waals surface area contributed by atoms with E-state index in [4.69, 9.17) is 4.74 Å². The maximum Gasteiger partial charge on any atom is 0.262 e. The van der Waals surface area contributed by atoms with Crippen LogP contribution in [0.2, 0.25) is 0 Å². The second kappa shape index (κ2) is 6.17. The van der Waals surface area contributed by atoms with Gasteiger partial charge >= 0.3 is 0 Å². The van der Waals surface area contributed by atoms with E-state index in [0.717, 1.165) is 23.8 Å². The summed E-state index contributed by atoms with van der Waals surface area (Å²) >= 11 is 3.78. The molecule has 4 heteroatoms. The third kappa shape index (κ3) is 3.17. The number of halogens is 1. The van der Waals surface area contributed by atoms with Gasteiger partial charge in [0.2, 0.25) is 0 Å². The highest BCUT2D eigenvalue weighted by atomic mass is 79.9. The van der Waals surface area contributed by atoms with Crippen LogP contribution in [0.4, 0.5) is 5.69 Å². The minimum Gasteiger partial charge on any atom is -0.482 e. The summed E-state index contributed by atoms with van der Waals surface area (Å²) in [5.74, 6) is 1.60. The molecule has 1 aliphatic heterocycles. The molecule has 1 aromatic carbocycles. The van der Waals surface area contributed by atoms with E-state index in [-0.39, 0.29) is 12.5 Å². The Kier molecular flexibility index (Phi) is 4.29. The summed E-state index contributed by atoms with van der Waals surface area (Å²) in [5, 5.41) is 2.87. The van der Waals surface area contributed by atoms with E-state index in [1.807, 2.05) is 12.1 Å². The number of hydrogen-bond donors (Lipinski definition) is 1. The van der Waals surface area contributed by atoms with Crippen LogP contribution in [0.5, 0.6) is 5.75 Å². The van der Waals surface area contributed by atoms with E-state index in [2.05, 4.69) is 27.3 Å². The molecule has 1 saturated carbocycles. The van der Waals surface area contributed by atoms with E-state index in [9.17, 15) is 4.79 Å². The molecule has 1 aromatic rings. The number of carbonyl (C=O) groups excluding carboxylic acids is 1. The summed E-state index contributed by atoms with van der Waals surface area (Å²) in [7, 11) is 0. The van der Waals surface area contributed by atoms with Crippen LogP contribution in [-0.2, 0) is 4.79 Å². The van der Waals surface area contributed by atoms with Gasteiger partial charge in [0.1, 0.15) is 5.75 Å². The Hall–Kier alpha value is -1.03. The predicted molar refractivity (Wildman–Crippen MR) is 83.4 cm³/mol. The van der Waals surface area contributed by atoms with Crippen molar-refractivity contribution in [2.24, 2.45) is 5.92 Å². The van der Waals surface area contributed by atoms with Gasteiger partial charge in [0.15, 0.2) is 6.61 Å². The first-order chi connectivity index (χ1) is 9.72. The van der Waals surface area contributed by atoms with Crippen molar-refractivity contribution in [3.63, 3.8) is 0 Å². The average molecular weight is 338 g/mol. The largest absolute Gasteiger partial charge is 0.482 e. The van der Waals surface area contributed by atoms with Gasteiger partial charge < -0.3 is 10.1 Å². The zero-order valence-electron chi connectivity index (χ0n) is 11.5. The molecule has 0 radical (unpaired) electrons. The first kappa shape index (κ1) is 13.9. The molecular formula is C16H20BrNO2. The van der Waals surface area contributed by atoms with Gasteiger partial charge in [0.05, 0.1) is 5.69 Å². The monoisotopic (exact) mass is 337 g/mol. The van der Waals surface area contributed by atoms with Crippen molar-refractivity contribution in [3.8, 4) is 5.75 Å². The van der Waals surface area contributed by atoms with Crippen molar-refractivity contribution in [2.75, 3.05) is 11.9 Å². The zero-order chi connectivity index (χ0) is 13.9. The number of nitrogens with one attached hydrogen (secondary N) is 1. The third-order valence-corrected chi connectivity index (χ3v) is 5.29. The molecule has 2 aliphatic rings. The second-order valence-electron chi connectivity index (χ2n) is 5.79. The molecular weight excluding hydrogens is 318 g/mol. The molecule has 0 spiro atoms. The van der Waals surface area contributed by atoms with Crippen LogP contribution in [0, 0.1) is 5.92 Å². The Labute approximate surface area is 128 Å². The lowest BCUT2D eigenvalue weighted by atomic mass is 9.98. The van der Waals surface area contributed by atoms with Gasteiger partial charge in [-0.1, -0.05) is 47.7 Å². The van der Waals surface area contributed by atoms with E-state index in [1.54, 1.807) is 0 Å². The van der Waals surface area contributed by atoms with Crippen LogP contribution in [0.25, 0.3) is 0 Å². The lowest BCUT2D eigenvalue weighted by Gasteiger charge is -2.20. The maximum absolute atomic E-state index is 11.4. The quantitative estimate of drug-likeness (QED) is 0.825. The Bertz CT molecular complexity index is 497. The Morgan fingerprint density at radius 3 is 2.95 bits per heavy atom. The van der Waals surface area contributed by atoms with Gasteiger partial charge in [-0.2, -0.15) is 0 Å². The Balaban J connectivity index is 1.63. The molecule has 1 N–H and O–H groups in total. The number of alkyl halides is 1. The molecule has 3 rings (SSSR count). The first-order valence-electron chi connectivity index (χ1n) is 7.43. The lowest BCUT2D eigenvalue weighted by Crippen LogP contribution is -2.25. The number of benzene rings is 1. The lowest BCUT2D eigenvalue weighted by molar-refractivity contribution is -0.118. The van der Waals surface area contributed by atoms with Crippen molar-refractivity contribution in [2.45, 2.75) is 43.4 Å². The Morgan fingerprint density at radius 1 is 1.35 bits per heavy atom. The summed E-state index contributed by atoms with van der Waals surface area (Å²) < 4.78 is 5.38. The van der Waals surface area contributed by atoms with Crippen LogP contribution in [0.3, 0.4) is 0 Å². The number of amides is 1. The normalized spacial score (nSPS) is 20.1. The van der Waals surface area contributed by atoms with Gasteiger partial charge in [0, 0.05) is 4.83 Å².